The average molecular weight is 393 g/mol. The van der Waals surface area contributed by atoms with Crippen molar-refractivity contribution in [1.82, 2.24) is 4.98 Å². The maximum atomic E-state index is 12.9. The minimum absolute atomic E-state index is 0.147. The molecule has 3 amide bonds. The Hall–Kier alpha value is -2.12. The van der Waals surface area contributed by atoms with Crippen LogP contribution < -0.4 is 15.5 Å². The van der Waals surface area contributed by atoms with E-state index in [0.29, 0.717) is 27.6 Å². The highest BCUT2D eigenvalue weighted by atomic mass is 35.5. The molecule has 1 aromatic heterocycles. The number of urea groups is 1. The highest BCUT2D eigenvalue weighted by Crippen LogP contribution is 2.29. The van der Waals surface area contributed by atoms with Crippen LogP contribution in [0.3, 0.4) is 0 Å². The summed E-state index contributed by atoms with van der Waals surface area (Å²) in [5.41, 5.74) is 1.40. The van der Waals surface area contributed by atoms with Crippen molar-refractivity contribution < 1.29 is 9.59 Å². The number of benzene rings is 1. The standard InChI is InChI=1S/C18H21ClN4O2S/c1-12(24)21-14-7-4-8-15(9-14)23(11-13-5-2-3-6-13)18(25)22-17-20-10-16(19)26-17/h4,7-10,13H,2-3,5-6,11H2,1H3,(H,21,24)(H,20,22,25). The van der Waals surface area contributed by atoms with Gasteiger partial charge in [-0.3, -0.25) is 15.0 Å². The molecule has 1 aromatic carbocycles. The van der Waals surface area contributed by atoms with Crippen LogP contribution in [-0.4, -0.2) is 23.5 Å². The first-order chi connectivity index (χ1) is 12.5. The Bertz CT molecular complexity index is 789. The number of amides is 3. The molecule has 6 nitrogen and oxygen atoms in total. The third kappa shape index (κ3) is 4.95. The van der Waals surface area contributed by atoms with Gasteiger partial charge in [-0.05, 0) is 37.0 Å². The van der Waals surface area contributed by atoms with Gasteiger partial charge in [0.05, 0.1) is 6.20 Å². The lowest BCUT2D eigenvalue weighted by Crippen LogP contribution is -2.38. The molecule has 8 heteroatoms. The number of rotatable bonds is 5. The van der Waals surface area contributed by atoms with Crippen molar-refractivity contribution in [2.24, 2.45) is 5.92 Å². The van der Waals surface area contributed by atoms with E-state index in [1.54, 1.807) is 11.0 Å². The predicted octanol–water partition coefficient (Wildman–Crippen LogP) is 4.98. The Morgan fingerprint density at radius 3 is 2.73 bits per heavy atom. The number of carbonyl (C=O) groups excluding carboxylic acids is 2. The molecule has 1 aliphatic rings. The minimum atomic E-state index is -0.247. The van der Waals surface area contributed by atoms with Crippen molar-refractivity contribution in [2.45, 2.75) is 32.6 Å². The van der Waals surface area contributed by atoms with Crippen molar-refractivity contribution in [3.63, 3.8) is 0 Å². The predicted molar refractivity (Wildman–Crippen MR) is 106 cm³/mol. The van der Waals surface area contributed by atoms with Gasteiger partial charge in [0.2, 0.25) is 5.91 Å². The summed E-state index contributed by atoms with van der Waals surface area (Å²) in [6, 6.07) is 7.06. The molecule has 1 saturated carbocycles. The van der Waals surface area contributed by atoms with Crippen LogP contribution in [0.15, 0.2) is 30.5 Å². The van der Waals surface area contributed by atoms with Gasteiger partial charge in [-0.25, -0.2) is 9.78 Å². The normalized spacial score (nSPS) is 14.2. The van der Waals surface area contributed by atoms with Gasteiger partial charge in [-0.1, -0.05) is 41.8 Å². The Balaban J connectivity index is 1.82. The first-order valence-corrected chi connectivity index (χ1v) is 9.78. The average Bonchev–Trinajstić information content (AvgIpc) is 3.24. The monoisotopic (exact) mass is 392 g/mol. The fourth-order valence-electron chi connectivity index (χ4n) is 3.18. The molecule has 1 fully saturated rings. The minimum Gasteiger partial charge on any atom is -0.326 e. The van der Waals surface area contributed by atoms with Crippen LogP contribution in [0.5, 0.6) is 0 Å². The third-order valence-corrected chi connectivity index (χ3v) is 5.36. The molecule has 0 atom stereocenters. The van der Waals surface area contributed by atoms with Gasteiger partial charge >= 0.3 is 6.03 Å². The number of anilines is 3. The Morgan fingerprint density at radius 2 is 2.08 bits per heavy atom. The second kappa shape index (κ2) is 8.51. The van der Waals surface area contributed by atoms with Crippen molar-refractivity contribution in [2.75, 3.05) is 22.1 Å². The molecule has 0 aliphatic heterocycles. The van der Waals surface area contributed by atoms with Gasteiger partial charge in [-0.2, -0.15) is 0 Å². The van der Waals surface area contributed by atoms with E-state index < -0.39 is 0 Å². The Labute approximate surface area is 161 Å². The number of hydrogen-bond acceptors (Lipinski definition) is 4. The summed E-state index contributed by atoms with van der Waals surface area (Å²) >= 11 is 7.12. The summed E-state index contributed by atoms with van der Waals surface area (Å²) in [5, 5.41) is 6.05. The molecule has 1 heterocycles. The van der Waals surface area contributed by atoms with E-state index in [0.717, 1.165) is 18.5 Å². The van der Waals surface area contributed by atoms with Crippen LogP contribution in [-0.2, 0) is 4.79 Å². The highest BCUT2D eigenvalue weighted by molar-refractivity contribution is 7.19. The molecular formula is C18H21ClN4O2S. The highest BCUT2D eigenvalue weighted by Gasteiger charge is 2.24. The van der Waals surface area contributed by atoms with Crippen LogP contribution in [0.25, 0.3) is 0 Å². The molecule has 0 saturated heterocycles. The summed E-state index contributed by atoms with van der Waals surface area (Å²) in [6.45, 7) is 2.09. The van der Waals surface area contributed by atoms with Gasteiger partial charge in [-0.15, -0.1) is 0 Å². The second-order valence-electron chi connectivity index (χ2n) is 6.39. The van der Waals surface area contributed by atoms with Crippen LogP contribution >= 0.6 is 22.9 Å². The van der Waals surface area contributed by atoms with E-state index in [2.05, 4.69) is 15.6 Å². The zero-order valence-corrected chi connectivity index (χ0v) is 16.1. The fourth-order valence-corrected chi connectivity index (χ4v) is 3.98. The molecule has 0 spiro atoms. The summed E-state index contributed by atoms with van der Waals surface area (Å²) in [7, 11) is 0. The SMILES string of the molecule is CC(=O)Nc1cccc(N(CC2CCCC2)C(=O)Nc2ncc(Cl)s2)c1. The van der Waals surface area contributed by atoms with Gasteiger partial charge < -0.3 is 5.32 Å². The molecule has 3 rings (SSSR count). The summed E-state index contributed by atoms with van der Waals surface area (Å²) in [6.07, 6.45) is 6.17. The Kier molecular flexibility index (Phi) is 6.11. The van der Waals surface area contributed by atoms with E-state index in [1.807, 2.05) is 18.2 Å². The maximum absolute atomic E-state index is 12.9. The molecule has 0 bridgehead atoms. The van der Waals surface area contributed by atoms with Gasteiger partial charge in [0.15, 0.2) is 5.13 Å². The quantitative estimate of drug-likeness (QED) is 0.753. The van der Waals surface area contributed by atoms with Crippen molar-refractivity contribution >= 4 is 51.4 Å². The summed E-state index contributed by atoms with van der Waals surface area (Å²) in [5.74, 6) is 0.330. The van der Waals surface area contributed by atoms with E-state index in [1.165, 1.54) is 37.3 Å². The fraction of sp³-hybridized carbons (Fsp3) is 0.389. The first kappa shape index (κ1) is 18.7. The largest absolute Gasteiger partial charge is 0.328 e. The maximum Gasteiger partial charge on any atom is 0.328 e. The number of hydrogen-bond donors (Lipinski definition) is 2. The van der Waals surface area contributed by atoms with Crippen LogP contribution in [0.1, 0.15) is 32.6 Å². The molecule has 26 heavy (non-hydrogen) atoms. The number of carbonyl (C=O) groups is 2. The lowest BCUT2D eigenvalue weighted by Gasteiger charge is -2.26. The topological polar surface area (TPSA) is 74.3 Å². The zero-order chi connectivity index (χ0) is 18.5. The smallest absolute Gasteiger partial charge is 0.326 e. The van der Waals surface area contributed by atoms with Crippen LogP contribution in [0.2, 0.25) is 4.34 Å². The molecule has 0 unspecified atom stereocenters. The van der Waals surface area contributed by atoms with Crippen molar-refractivity contribution in [1.29, 1.82) is 0 Å². The van der Waals surface area contributed by atoms with E-state index in [9.17, 15) is 9.59 Å². The third-order valence-electron chi connectivity index (χ3n) is 4.33. The van der Waals surface area contributed by atoms with Gasteiger partial charge in [0.1, 0.15) is 4.34 Å². The van der Waals surface area contributed by atoms with Crippen LogP contribution in [0, 0.1) is 5.92 Å². The molecule has 2 aromatic rings. The number of aromatic nitrogens is 1. The first-order valence-electron chi connectivity index (χ1n) is 8.59. The Morgan fingerprint density at radius 1 is 1.31 bits per heavy atom. The van der Waals surface area contributed by atoms with Crippen molar-refractivity contribution in [3.8, 4) is 0 Å². The number of nitrogens with zero attached hydrogens (tertiary/aromatic N) is 2. The zero-order valence-electron chi connectivity index (χ0n) is 14.5. The number of halogens is 1. The van der Waals surface area contributed by atoms with Gasteiger partial charge in [0, 0.05) is 24.8 Å². The summed E-state index contributed by atoms with van der Waals surface area (Å²) < 4.78 is 0.523. The lowest BCUT2D eigenvalue weighted by atomic mass is 10.1. The van der Waals surface area contributed by atoms with Crippen LogP contribution in [0.4, 0.5) is 21.3 Å². The van der Waals surface area contributed by atoms with E-state index in [4.69, 9.17) is 11.6 Å². The van der Waals surface area contributed by atoms with Crippen molar-refractivity contribution in [3.05, 3.63) is 34.8 Å². The number of thiazole rings is 1. The van der Waals surface area contributed by atoms with E-state index >= 15 is 0 Å². The molecule has 1 aliphatic carbocycles. The number of nitrogens with one attached hydrogen (secondary N) is 2. The molecule has 138 valence electrons. The summed E-state index contributed by atoms with van der Waals surface area (Å²) in [4.78, 5) is 30.0. The molecule has 2 N–H and O–H groups in total. The molecule has 0 radical (unpaired) electrons. The molecular weight excluding hydrogens is 372 g/mol. The second-order valence-corrected chi connectivity index (χ2v) is 8.05. The van der Waals surface area contributed by atoms with Gasteiger partial charge in [0.25, 0.3) is 0 Å². The van der Waals surface area contributed by atoms with E-state index in [-0.39, 0.29) is 11.9 Å². The lowest BCUT2D eigenvalue weighted by molar-refractivity contribution is -0.114.